The van der Waals surface area contributed by atoms with Gasteiger partial charge in [-0.3, -0.25) is 4.79 Å². The molecule has 113 valence electrons. The van der Waals surface area contributed by atoms with Crippen LogP contribution in [-0.2, 0) is 28.9 Å². The second-order valence-electron chi connectivity index (χ2n) is 4.77. The van der Waals surface area contributed by atoms with Crippen LogP contribution in [0.5, 0.6) is 11.5 Å². The third-order valence-corrected chi connectivity index (χ3v) is 3.75. The van der Waals surface area contributed by atoms with E-state index in [1.54, 1.807) is 30.3 Å². The summed E-state index contributed by atoms with van der Waals surface area (Å²) in [5, 5.41) is 10.2. The van der Waals surface area contributed by atoms with Gasteiger partial charge in [0.2, 0.25) is 0 Å². The van der Waals surface area contributed by atoms with E-state index in [1.807, 2.05) is 6.92 Å². The normalized spacial score (nSPS) is 10.3. The first-order chi connectivity index (χ1) is 10.6. The number of Topliss-reactive ketones (excluding diaryl/α,β-unsaturated/α-hetero) is 1. The summed E-state index contributed by atoms with van der Waals surface area (Å²) < 4.78 is 16.4. The van der Waals surface area contributed by atoms with Gasteiger partial charge in [0.05, 0.1) is 5.56 Å². The number of ketones is 1. The number of hydrogen-bond acceptors (Lipinski definition) is 4. The Morgan fingerprint density at radius 1 is 1.32 bits per heavy atom. The Morgan fingerprint density at radius 3 is 2.64 bits per heavy atom. The van der Waals surface area contributed by atoms with Gasteiger partial charge in [0.25, 0.3) is 4.90 Å². The fourth-order valence-electron chi connectivity index (χ4n) is 2.12. The van der Waals surface area contributed by atoms with Crippen LogP contribution in [0.4, 0.5) is 0 Å². The molecule has 2 aromatic carbocycles. The molecule has 0 unspecified atom stereocenters. The lowest BCUT2D eigenvalue weighted by molar-refractivity contribution is 0.101. The van der Waals surface area contributed by atoms with E-state index in [4.69, 9.17) is 4.74 Å². The average molecular weight is 316 g/mol. The van der Waals surface area contributed by atoms with Gasteiger partial charge in [-0.2, -0.15) is 0 Å². The Morgan fingerprint density at radius 2 is 2.09 bits per heavy atom. The number of phenols is 1. The minimum Gasteiger partial charge on any atom is -0.507 e. The highest BCUT2D eigenvalue weighted by Crippen LogP contribution is 2.32. The van der Waals surface area contributed by atoms with Gasteiger partial charge < -0.3 is 9.84 Å². The highest BCUT2D eigenvalue weighted by Gasteiger charge is 2.15. The lowest BCUT2D eigenvalue weighted by atomic mass is 10.0. The fraction of sp³-hybridized carbons (Fsp3) is 0.235. The van der Waals surface area contributed by atoms with Gasteiger partial charge in [0.15, 0.2) is 5.78 Å². The zero-order valence-electron chi connectivity index (χ0n) is 12.4. The largest absolute Gasteiger partial charge is 0.507 e. The van der Waals surface area contributed by atoms with Gasteiger partial charge in [-0.05, 0) is 43.2 Å². The molecule has 0 amide bonds. The molecule has 0 bridgehead atoms. The minimum absolute atomic E-state index is 0.0189. The van der Waals surface area contributed by atoms with Crippen molar-refractivity contribution < 1.29 is 18.8 Å². The van der Waals surface area contributed by atoms with E-state index in [0.717, 1.165) is 5.56 Å². The molecule has 0 atom stereocenters. The number of phenolic OH excluding ortho intramolecular Hbond substituents is 1. The Labute approximate surface area is 133 Å². The zero-order chi connectivity index (χ0) is 16.1. The number of carbonyl (C=O) groups is 1. The second-order valence-corrected chi connectivity index (χ2v) is 5.41. The van der Waals surface area contributed by atoms with Crippen molar-refractivity contribution in [2.75, 3.05) is 0 Å². The molecule has 2 rings (SSSR count). The molecule has 0 aliphatic carbocycles. The molecule has 0 aliphatic heterocycles. The number of carbonyl (C=O) groups excluding carboxylic acids is 1. The fourth-order valence-corrected chi connectivity index (χ4v) is 2.35. The molecule has 22 heavy (non-hydrogen) atoms. The Balaban J connectivity index is 2.20. The summed E-state index contributed by atoms with van der Waals surface area (Å²) in [5.74, 6) is 0.341. The monoisotopic (exact) mass is 316 g/mol. The van der Waals surface area contributed by atoms with Crippen LogP contribution in [-0.4, -0.2) is 10.9 Å². The molecule has 0 spiro atoms. The van der Waals surface area contributed by atoms with Crippen LogP contribution in [0.1, 0.15) is 35.3 Å². The van der Waals surface area contributed by atoms with Crippen molar-refractivity contribution in [2.45, 2.75) is 31.8 Å². The van der Waals surface area contributed by atoms with Crippen LogP contribution in [0.15, 0.2) is 35.2 Å². The van der Waals surface area contributed by atoms with Gasteiger partial charge in [-0.25, -0.2) is 0 Å². The topological polar surface area (TPSA) is 63.6 Å². The Bertz CT molecular complexity index is 693. The summed E-state index contributed by atoms with van der Waals surface area (Å²) in [5.41, 5.74) is 1.71. The summed E-state index contributed by atoms with van der Waals surface area (Å²) in [6.07, 6.45) is 0.553. The number of benzene rings is 2. The van der Waals surface area contributed by atoms with Gasteiger partial charge >= 0.3 is 11.7 Å². The number of ether oxygens (including phenoxy) is 1. The molecule has 0 aromatic heterocycles. The van der Waals surface area contributed by atoms with Crippen molar-refractivity contribution >= 4 is 17.4 Å². The zero-order valence-corrected chi connectivity index (χ0v) is 13.2. The van der Waals surface area contributed by atoms with E-state index in [2.05, 4.69) is 6.07 Å². The number of rotatable bonds is 6. The van der Waals surface area contributed by atoms with Crippen molar-refractivity contribution in [1.82, 2.24) is 0 Å². The van der Waals surface area contributed by atoms with Crippen LogP contribution in [0, 0.1) is 6.07 Å². The van der Waals surface area contributed by atoms with E-state index in [-0.39, 0.29) is 18.1 Å². The maximum Gasteiger partial charge on any atom is 0.505 e. The molecule has 0 fully saturated rings. The Hall–Kier alpha value is -2.27. The molecule has 5 heteroatoms. The van der Waals surface area contributed by atoms with Crippen LogP contribution >= 0.6 is 0 Å². The van der Waals surface area contributed by atoms with Crippen molar-refractivity contribution in [3.8, 4) is 11.5 Å². The first-order valence-electron chi connectivity index (χ1n) is 6.85. The van der Waals surface area contributed by atoms with Crippen molar-refractivity contribution in [3.63, 3.8) is 0 Å². The SMILES string of the molecule is CCc1c(OCc2[c]cc([S+]=O)cc2)ccc(C(C)=O)c1O. The molecule has 1 N–H and O–H groups in total. The predicted molar refractivity (Wildman–Crippen MR) is 83.4 cm³/mol. The van der Waals surface area contributed by atoms with Crippen molar-refractivity contribution in [3.05, 3.63) is 53.1 Å². The molecule has 0 heterocycles. The van der Waals surface area contributed by atoms with Crippen LogP contribution in [0.3, 0.4) is 0 Å². The molecule has 4 nitrogen and oxygen atoms in total. The van der Waals surface area contributed by atoms with Crippen LogP contribution in [0.25, 0.3) is 0 Å². The highest BCUT2D eigenvalue weighted by molar-refractivity contribution is 7.65. The van der Waals surface area contributed by atoms with E-state index in [1.165, 1.54) is 6.92 Å². The summed E-state index contributed by atoms with van der Waals surface area (Å²) in [6.45, 7) is 3.58. The molecule has 1 radical (unpaired) electrons. The highest BCUT2D eigenvalue weighted by atomic mass is 32.1. The minimum atomic E-state index is -0.183. The quantitative estimate of drug-likeness (QED) is 0.656. The van der Waals surface area contributed by atoms with Gasteiger partial charge in [-0.15, -0.1) is 0 Å². The molecule has 2 aromatic rings. The molecular formula is C17H16O4S+. The van der Waals surface area contributed by atoms with Gasteiger partial charge in [0, 0.05) is 21.9 Å². The summed E-state index contributed by atoms with van der Waals surface area (Å²) >= 11 is 0.417. The average Bonchev–Trinajstić information content (AvgIpc) is 2.53. The smallest absolute Gasteiger partial charge is 0.505 e. The molecular weight excluding hydrogens is 300 g/mol. The lowest BCUT2D eigenvalue weighted by Gasteiger charge is -2.13. The maximum atomic E-state index is 11.5. The maximum absolute atomic E-state index is 11.5. The van der Waals surface area contributed by atoms with E-state index < -0.39 is 0 Å². The van der Waals surface area contributed by atoms with E-state index in [0.29, 0.717) is 39.9 Å². The van der Waals surface area contributed by atoms with Crippen molar-refractivity contribution in [1.29, 1.82) is 0 Å². The van der Waals surface area contributed by atoms with Gasteiger partial charge in [0.1, 0.15) is 18.1 Å². The predicted octanol–water partition coefficient (Wildman–Crippen LogP) is 3.32. The second kappa shape index (κ2) is 7.13. The first kappa shape index (κ1) is 16.1. The third-order valence-electron chi connectivity index (χ3n) is 3.30. The molecule has 0 saturated carbocycles. The summed E-state index contributed by atoms with van der Waals surface area (Å²) in [7, 11) is 0. The third kappa shape index (κ3) is 3.49. The van der Waals surface area contributed by atoms with E-state index >= 15 is 0 Å². The molecule has 0 aliphatic rings. The number of hydrogen-bond donors (Lipinski definition) is 1. The summed E-state index contributed by atoms with van der Waals surface area (Å²) in [6, 6.07) is 11.3. The number of aromatic hydroxyl groups is 1. The van der Waals surface area contributed by atoms with Gasteiger partial charge in [-0.1, -0.05) is 6.92 Å². The molecule has 0 saturated heterocycles. The standard InChI is InChI=1S/C17H15O4S/c1-3-14-16(9-8-15(11(2)18)17(14)19)21-10-12-4-6-13(22-20)7-5-12/h4,6-9H,3,10H2,1-2H3/p+1. The van der Waals surface area contributed by atoms with Crippen LogP contribution < -0.4 is 4.74 Å². The summed E-state index contributed by atoms with van der Waals surface area (Å²) in [4.78, 5) is 12.1. The lowest BCUT2D eigenvalue weighted by Crippen LogP contribution is -2.02. The van der Waals surface area contributed by atoms with E-state index in [9.17, 15) is 14.1 Å². The van der Waals surface area contributed by atoms with Crippen LogP contribution in [0.2, 0.25) is 0 Å². The Kier molecular flexibility index (Phi) is 5.22. The first-order valence-corrected chi connectivity index (χ1v) is 7.60. The van der Waals surface area contributed by atoms with Crippen molar-refractivity contribution in [2.24, 2.45) is 0 Å².